The fourth-order valence-corrected chi connectivity index (χ4v) is 0.992. The van der Waals surface area contributed by atoms with Crippen LogP contribution in [0.4, 0.5) is 0 Å². The Bertz CT molecular complexity index is 172. The van der Waals surface area contributed by atoms with Crippen LogP contribution in [0.3, 0.4) is 0 Å². The fraction of sp³-hybridized carbons (Fsp3) is 0.625. The van der Waals surface area contributed by atoms with Gasteiger partial charge < -0.3 is 4.57 Å². The fourth-order valence-electron chi connectivity index (χ4n) is 0.992. The minimum absolute atomic E-state index is 0.0595. The van der Waals surface area contributed by atoms with E-state index in [9.17, 15) is 5.11 Å². The van der Waals surface area contributed by atoms with Crippen molar-refractivity contribution in [3.8, 4) is 0 Å². The summed E-state index contributed by atoms with van der Waals surface area (Å²) in [5, 5.41) is 10.1. The maximum Gasteiger partial charge on any atom is 0.0945 e. The Hall–Kier alpha value is -0.830. The monoisotopic (exact) mass is 153 g/mol. The summed E-state index contributed by atoms with van der Waals surface area (Å²) in [5.74, 6) is 0. The van der Waals surface area contributed by atoms with Gasteiger partial charge in [-0.1, -0.05) is 0 Å². The summed E-state index contributed by atoms with van der Waals surface area (Å²) in [6.45, 7) is 1.05. The highest BCUT2D eigenvalue weighted by molar-refractivity contribution is 4.73. The second kappa shape index (κ2) is 4.91. The van der Waals surface area contributed by atoms with Crippen LogP contribution in [0.2, 0.25) is 0 Å². The molecule has 1 aromatic heterocycles. The zero-order chi connectivity index (χ0) is 7.94. The summed E-state index contributed by atoms with van der Waals surface area (Å²) in [6, 6.07) is 0. The SMILES string of the molecule is [O]CCCCCn1ccnc1. The molecule has 61 valence electrons. The molecule has 1 heterocycles. The van der Waals surface area contributed by atoms with Crippen LogP contribution < -0.4 is 0 Å². The number of rotatable bonds is 5. The van der Waals surface area contributed by atoms with E-state index < -0.39 is 0 Å². The molecule has 1 rings (SSSR count). The lowest BCUT2D eigenvalue weighted by Crippen LogP contribution is -1.94. The maximum absolute atomic E-state index is 10.1. The Morgan fingerprint density at radius 3 is 2.82 bits per heavy atom. The molecule has 11 heavy (non-hydrogen) atoms. The number of aryl methyl sites for hydroxylation is 1. The van der Waals surface area contributed by atoms with Gasteiger partial charge >= 0.3 is 0 Å². The second-order valence-corrected chi connectivity index (χ2v) is 2.57. The Labute approximate surface area is 66.7 Å². The predicted octanol–water partition coefficient (Wildman–Crippen LogP) is 1.48. The molecular weight excluding hydrogens is 140 g/mol. The summed E-state index contributed by atoms with van der Waals surface area (Å²) in [7, 11) is 0. The van der Waals surface area contributed by atoms with E-state index in [0.29, 0.717) is 0 Å². The van der Waals surface area contributed by atoms with E-state index in [1.54, 1.807) is 12.5 Å². The molecule has 0 aromatic carbocycles. The van der Waals surface area contributed by atoms with Gasteiger partial charge in [0.1, 0.15) is 0 Å². The number of aromatic nitrogens is 2. The van der Waals surface area contributed by atoms with Gasteiger partial charge in [-0.05, 0) is 19.3 Å². The van der Waals surface area contributed by atoms with E-state index >= 15 is 0 Å². The largest absolute Gasteiger partial charge is 0.337 e. The van der Waals surface area contributed by atoms with Crippen molar-refractivity contribution in [3.63, 3.8) is 0 Å². The second-order valence-electron chi connectivity index (χ2n) is 2.57. The molecule has 0 saturated carbocycles. The van der Waals surface area contributed by atoms with E-state index in [1.165, 1.54) is 0 Å². The highest BCUT2D eigenvalue weighted by atomic mass is 16.2. The molecule has 0 unspecified atom stereocenters. The number of hydrogen-bond acceptors (Lipinski definition) is 1. The first-order chi connectivity index (χ1) is 5.43. The van der Waals surface area contributed by atoms with E-state index in [1.807, 2.05) is 10.8 Å². The minimum atomic E-state index is 0.0595. The van der Waals surface area contributed by atoms with Crippen LogP contribution in [-0.2, 0) is 11.7 Å². The molecule has 0 fully saturated rings. The molecule has 0 amide bonds. The summed E-state index contributed by atoms with van der Waals surface area (Å²) in [5.41, 5.74) is 0. The zero-order valence-corrected chi connectivity index (χ0v) is 6.57. The van der Waals surface area contributed by atoms with Crippen molar-refractivity contribution >= 4 is 0 Å². The lowest BCUT2D eigenvalue weighted by molar-refractivity contribution is 0.185. The molecule has 0 saturated heterocycles. The van der Waals surface area contributed by atoms with Crippen molar-refractivity contribution < 1.29 is 5.11 Å². The summed E-state index contributed by atoms with van der Waals surface area (Å²) in [6.07, 6.45) is 8.43. The molecule has 0 aliphatic carbocycles. The lowest BCUT2D eigenvalue weighted by Gasteiger charge is -1.99. The normalized spacial score (nSPS) is 10.3. The van der Waals surface area contributed by atoms with Crippen LogP contribution in [0, 0.1) is 0 Å². The minimum Gasteiger partial charge on any atom is -0.337 e. The highest BCUT2D eigenvalue weighted by Crippen LogP contribution is 1.97. The van der Waals surface area contributed by atoms with Gasteiger partial charge in [0.25, 0.3) is 0 Å². The van der Waals surface area contributed by atoms with Crippen molar-refractivity contribution in [1.82, 2.24) is 9.55 Å². The molecule has 0 bridgehead atoms. The van der Waals surface area contributed by atoms with Crippen LogP contribution in [0.5, 0.6) is 0 Å². The molecule has 0 N–H and O–H groups in total. The molecule has 0 spiro atoms. The van der Waals surface area contributed by atoms with Crippen molar-refractivity contribution in [1.29, 1.82) is 0 Å². The first-order valence-corrected chi connectivity index (χ1v) is 3.97. The van der Waals surface area contributed by atoms with E-state index in [2.05, 4.69) is 4.98 Å². The van der Waals surface area contributed by atoms with Gasteiger partial charge in [-0.2, -0.15) is 0 Å². The molecule has 1 aromatic rings. The third kappa shape index (κ3) is 3.18. The maximum atomic E-state index is 10.1. The zero-order valence-electron chi connectivity index (χ0n) is 6.57. The van der Waals surface area contributed by atoms with Gasteiger partial charge in [0.05, 0.1) is 12.9 Å². The van der Waals surface area contributed by atoms with Gasteiger partial charge in [0, 0.05) is 18.9 Å². The standard InChI is InChI=1S/C8H13N2O/c11-7-3-1-2-5-10-6-4-9-8-10/h4,6,8H,1-3,5,7H2. The summed E-state index contributed by atoms with van der Waals surface area (Å²) >= 11 is 0. The molecule has 3 heteroatoms. The first kappa shape index (κ1) is 8.27. The number of imidazole rings is 1. The van der Waals surface area contributed by atoms with E-state index in [4.69, 9.17) is 0 Å². The van der Waals surface area contributed by atoms with E-state index in [-0.39, 0.29) is 6.61 Å². The van der Waals surface area contributed by atoms with Crippen LogP contribution in [0.1, 0.15) is 19.3 Å². The lowest BCUT2D eigenvalue weighted by atomic mass is 10.2. The summed E-state index contributed by atoms with van der Waals surface area (Å²) < 4.78 is 2.03. The Morgan fingerprint density at radius 2 is 2.18 bits per heavy atom. The molecular formula is C8H13N2O. The van der Waals surface area contributed by atoms with Crippen molar-refractivity contribution in [2.24, 2.45) is 0 Å². The third-order valence-electron chi connectivity index (χ3n) is 1.62. The predicted molar refractivity (Wildman–Crippen MR) is 41.6 cm³/mol. The van der Waals surface area contributed by atoms with Crippen LogP contribution in [0.25, 0.3) is 0 Å². The topological polar surface area (TPSA) is 37.7 Å². The van der Waals surface area contributed by atoms with Gasteiger partial charge in [-0.25, -0.2) is 10.1 Å². The van der Waals surface area contributed by atoms with Gasteiger partial charge in [0.15, 0.2) is 0 Å². The van der Waals surface area contributed by atoms with Crippen molar-refractivity contribution in [2.45, 2.75) is 25.8 Å². The van der Waals surface area contributed by atoms with Crippen LogP contribution >= 0.6 is 0 Å². The van der Waals surface area contributed by atoms with Gasteiger partial charge in [-0.15, -0.1) is 0 Å². The molecule has 1 radical (unpaired) electrons. The number of unbranched alkanes of at least 4 members (excludes halogenated alkanes) is 2. The quantitative estimate of drug-likeness (QED) is 0.590. The van der Waals surface area contributed by atoms with E-state index in [0.717, 1.165) is 25.8 Å². The number of hydrogen-bond donors (Lipinski definition) is 0. The highest BCUT2D eigenvalue weighted by Gasteiger charge is 1.89. The smallest absolute Gasteiger partial charge is 0.0945 e. The average molecular weight is 153 g/mol. The number of nitrogens with zero attached hydrogens (tertiary/aromatic N) is 2. The third-order valence-corrected chi connectivity index (χ3v) is 1.62. The molecule has 0 aliphatic rings. The first-order valence-electron chi connectivity index (χ1n) is 3.97. The Balaban J connectivity index is 2.04. The molecule has 3 nitrogen and oxygen atoms in total. The van der Waals surface area contributed by atoms with Gasteiger partial charge in [0.2, 0.25) is 0 Å². The average Bonchev–Trinajstić information content (AvgIpc) is 2.50. The van der Waals surface area contributed by atoms with Gasteiger partial charge in [-0.3, -0.25) is 0 Å². The summed E-state index contributed by atoms with van der Waals surface area (Å²) in [4.78, 5) is 3.92. The molecule has 0 aliphatic heterocycles. The Kier molecular flexibility index (Phi) is 3.69. The van der Waals surface area contributed by atoms with Crippen molar-refractivity contribution in [2.75, 3.05) is 6.61 Å². The molecule has 0 atom stereocenters. The van der Waals surface area contributed by atoms with Crippen LogP contribution in [-0.4, -0.2) is 16.2 Å². The van der Waals surface area contributed by atoms with Crippen molar-refractivity contribution in [3.05, 3.63) is 18.7 Å². The Morgan fingerprint density at radius 1 is 1.27 bits per heavy atom. The van der Waals surface area contributed by atoms with Crippen LogP contribution in [0.15, 0.2) is 18.7 Å².